The zero-order valence-corrected chi connectivity index (χ0v) is 13.8. The van der Waals surface area contributed by atoms with Gasteiger partial charge in [0.2, 0.25) is 0 Å². The molecule has 1 atom stereocenters. The number of carbonyl (C=O) groups is 1. The molecule has 0 spiro atoms. The Bertz CT molecular complexity index is 855. The molecule has 6 nitrogen and oxygen atoms in total. The molecule has 1 aromatic heterocycles. The number of aromatic nitrogens is 1. The fraction of sp³-hybridized carbons (Fsp3) is 0.375. The maximum Gasteiger partial charge on any atom is 0.273 e. The van der Waals surface area contributed by atoms with E-state index in [4.69, 9.17) is 4.52 Å². The second kappa shape index (κ2) is 5.81. The minimum atomic E-state index is -3.03. The molecule has 0 saturated carbocycles. The van der Waals surface area contributed by atoms with Crippen LogP contribution >= 0.6 is 0 Å². The molecule has 0 radical (unpaired) electrons. The highest BCUT2D eigenvalue weighted by molar-refractivity contribution is 7.91. The van der Waals surface area contributed by atoms with Crippen LogP contribution in [0, 0.1) is 13.8 Å². The van der Waals surface area contributed by atoms with Crippen molar-refractivity contribution < 1.29 is 17.7 Å². The lowest BCUT2D eigenvalue weighted by Crippen LogP contribution is -2.35. The summed E-state index contributed by atoms with van der Waals surface area (Å²) < 4.78 is 28.1. The fourth-order valence-electron chi connectivity index (χ4n) is 2.58. The number of nitrogens with zero attached hydrogens (tertiary/aromatic N) is 1. The number of amides is 1. The van der Waals surface area contributed by atoms with Crippen LogP contribution in [0.1, 0.15) is 28.0 Å². The second-order valence-corrected chi connectivity index (χ2v) is 8.18. The molecular formula is C16H18N2O4S. The first kappa shape index (κ1) is 15.7. The predicted molar refractivity (Wildman–Crippen MR) is 85.9 cm³/mol. The van der Waals surface area contributed by atoms with Gasteiger partial charge in [0.1, 0.15) is 0 Å². The van der Waals surface area contributed by atoms with E-state index in [-0.39, 0.29) is 23.2 Å². The topological polar surface area (TPSA) is 89.3 Å². The Hall–Kier alpha value is -2.15. The van der Waals surface area contributed by atoms with Gasteiger partial charge < -0.3 is 9.84 Å². The minimum Gasteiger partial charge on any atom is -0.355 e. The molecule has 3 rings (SSSR count). The number of nitrogens with one attached hydrogen (secondary N) is 1. The van der Waals surface area contributed by atoms with Crippen LogP contribution in [-0.2, 0) is 9.84 Å². The largest absolute Gasteiger partial charge is 0.355 e. The molecule has 7 heteroatoms. The molecule has 1 N–H and O–H groups in total. The highest BCUT2D eigenvalue weighted by Crippen LogP contribution is 2.23. The molecule has 2 aromatic rings. The first-order valence-corrected chi connectivity index (χ1v) is 9.22. The van der Waals surface area contributed by atoms with E-state index in [0.717, 1.165) is 11.1 Å². The molecule has 0 bridgehead atoms. The first-order chi connectivity index (χ1) is 10.8. The molecule has 1 saturated heterocycles. The summed E-state index contributed by atoms with van der Waals surface area (Å²) in [6.07, 6.45) is 0.440. The maximum atomic E-state index is 12.1. The average Bonchev–Trinajstić information content (AvgIpc) is 3.09. The van der Waals surface area contributed by atoms with Gasteiger partial charge in [-0.05, 0) is 37.5 Å². The van der Waals surface area contributed by atoms with E-state index in [0.29, 0.717) is 12.2 Å². The van der Waals surface area contributed by atoms with Gasteiger partial charge in [0.25, 0.3) is 5.91 Å². The Morgan fingerprint density at radius 3 is 2.70 bits per heavy atom. The summed E-state index contributed by atoms with van der Waals surface area (Å²) in [7, 11) is -3.03. The summed E-state index contributed by atoms with van der Waals surface area (Å²) in [4.78, 5) is 12.1. The van der Waals surface area contributed by atoms with Crippen molar-refractivity contribution in [1.82, 2.24) is 10.5 Å². The van der Waals surface area contributed by atoms with Crippen LogP contribution in [-0.4, -0.2) is 37.0 Å². The molecule has 1 aliphatic rings. The van der Waals surface area contributed by atoms with Crippen molar-refractivity contribution in [3.05, 3.63) is 41.1 Å². The Morgan fingerprint density at radius 2 is 2.04 bits per heavy atom. The maximum absolute atomic E-state index is 12.1. The summed E-state index contributed by atoms with van der Waals surface area (Å²) in [6, 6.07) is 7.09. The zero-order chi connectivity index (χ0) is 16.6. The monoisotopic (exact) mass is 334 g/mol. The molecule has 23 heavy (non-hydrogen) atoms. The number of sulfone groups is 1. The van der Waals surface area contributed by atoms with Gasteiger partial charge in [-0.25, -0.2) is 8.42 Å². The van der Waals surface area contributed by atoms with Crippen LogP contribution in [0.5, 0.6) is 0 Å². The summed E-state index contributed by atoms with van der Waals surface area (Å²) in [5, 5.41) is 6.48. The Balaban J connectivity index is 1.73. The van der Waals surface area contributed by atoms with Crippen molar-refractivity contribution >= 4 is 15.7 Å². The summed E-state index contributed by atoms with van der Waals surface area (Å²) in [5.74, 6) is 0.203. The number of carbonyl (C=O) groups excluding carboxylic acids is 1. The van der Waals surface area contributed by atoms with Crippen LogP contribution in [0.2, 0.25) is 0 Å². The number of hydrogen-bond donors (Lipinski definition) is 1. The number of hydrogen-bond acceptors (Lipinski definition) is 5. The van der Waals surface area contributed by atoms with E-state index in [1.165, 1.54) is 5.56 Å². The predicted octanol–water partition coefficient (Wildman–Crippen LogP) is 1.88. The summed E-state index contributed by atoms with van der Waals surface area (Å²) in [5.41, 5.74) is 3.31. The molecule has 1 aliphatic heterocycles. The van der Waals surface area contributed by atoms with Crippen LogP contribution in [0.15, 0.2) is 28.8 Å². The van der Waals surface area contributed by atoms with Gasteiger partial charge in [-0.3, -0.25) is 4.79 Å². The van der Waals surface area contributed by atoms with Gasteiger partial charge in [-0.1, -0.05) is 17.3 Å². The van der Waals surface area contributed by atoms with Crippen LogP contribution in [0.3, 0.4) is 0 Å². The van der Waals surface area contributed by atoms with Crippen molar-refractivity contribution in [1.29, 1.82) is 0 Å². The van der Waals surface area contributed by atoms with Gasteiger partial charge in [-0.15, -0.1) is 0 Å². The van der Waals surface area contributed by atoms with E-state index >= 15 is 0 Å². The first-order valence-electron chi connectivity index (χ1n) is 7.40. The highest BCUT2D eigenvalue weighted by atomic mass is 32.2. The highest BCUT2D eigenvalue weighted by Gasteiger charge is 2.29. The summed E-state index contributed by atoms with van der Waals surface area (Å²) >= 11 is 0. The molecule has 1 amide bonds. The van der Waals surface area contributed by atoms with Gasteiger partial charge in [0, 0.05) is 17.7 Å². The molecule has 1 aromatic carbocycles. The molecule has 0 unspecified atom stereocenters. The standard InChI is InChI=1S/C16H18N2O4S/c1-10-3-4-12(7-11(10)2)15-8-14(18-22-15)16(19)17-13-5-6-23(20,21)9-13/h3-4,7-8,13H,5-6,9H2,1-2H3,(H,17,19)/t13-/m0/s1. The third kappa shape index (κ3) is 3.44. The van der Waals surface area contributed by atoms with E-state index in [1.807, 2.05) is 32.0 Å². The average molecular weight is 334 g/mol. The summed E-state index contributed by atoms with van der Waals surface area (Å²) in [6.45, 7) is 4.03. The lowest BCUT2D eigenvalue weighted by molar-refractivity contribution is 0.0932. The third-order valence-electron chi connectivity index (χ3n) is 4.10. The van der Waals surface area contributed by atoms with Crippen LogP contribution in [0.4, 0.5) is 0 Å². The van der Waals surface area contributed by atoms with Gasteiger partial charge in [0.15, 0.2) is 21.3 Å². The zero-order valence-electron chi connectivity index (χ0n) is 13.0. The van der Waals surface area contributed by atoms with Crippen molar-refractivity contribution in [3.63, 3.8) is 0 Å². The van der Waals surface area contributed by atoms with Crippen LogP contribution in [0.25, 0.3) is 11.3 Å². The Morgan fingerprint density at radius 1 is 1.26 bits per heavy atom. The Kier molecular flexibility index (Phi) is 3.97. The Labute approximate surface area is 134 Å². The smallest absolute Gasteiger partial charge is 0.273 e. The van der Waals surface area contributed by atoms with Gasteiger partial charge >= 0.3 is 0 Å². The molecule has 2 heterocycles. The van der Waals surface area contributed by atoms with E-state index in [1.54, 1.807) is 6.07 Å². The lowest BCUT2D eigenvalue weighted by atomic mass is 10.0. The second-order valence-electron chi connectivity index (χ2n) is 5.95. The van der Waals surface area contributed by atoms with Crippen molar-refractivity contribution in [2.75, 3.05) is 11.5 Å². The number of rotatable bonds is 3. The van der Waals surface area contributed by atoms with E-state index < -0.39 is 15.7 Å². The van der Waals surface area contributed by atoms with Gasteiger partial charge in [0.05, 0.1) is 11.5 Å². The molecule has 0 aliphatic carbocycles. The normalized spacial score (nSPS) is 19.7. The third-order valence-corrected chi connectivity index (χ3v) is 5.87. The number of aryl methyl sites for hydroxylation is 2. The molecular weight excluding hydrogens is 316 g/mol. The van der Waals surface area contributed by atoms with Crippen molar-refractivity contribution in [2.24, 2.45) is 0 Å². The molecule has 1 fully saturated rings. The number of benzene rings is 1. The minimum absolute atomic E-state index is 0.0133. The fourth-order valence-corrected chi connectivity index (χ4v) is 4.25. The SMILES string of the molecule is Cc1ccc(-c2cc(C(=O)N[C@H]3CCS(=O)(=O)C3)no2)cc1C. The quantitative estimate of drug-likeness (QED) is 0.925. The van der Waals surface area contributed by atoms with Crippen LogP contribution < -0.4 is 5.32 Å². The van der Waals surface area contributed by atoms with E-state index in [2.05, 4.69) is 10.5 Å². The molecule has 122 valence electrons. The lowest BCUT2D eigenvalue weighted by Gasteiger charge is -2.08. The van der Waals surface area contributed by atoms with Gasteiger partial charge in [-0.2, -0.15) is 0 Å². The van der Waals surface area contributed by atoms with Crippen molar-refractivity contribution in [3.8, 4) is 11.3 Å². The van der Waals surface area contributed by atoms with Crippen molar-refractivity contribution in [2.45, 2.75) is 26.3 Å². The van der Waals surface area contributed by atoms with E-state index in [9.17, 15) is 13.2 Å².